The van der Waals surface area contributed by atoms with Crippen molar-refractivity contribution in [2.75, 3.05) is 31.5 Å². The zero-order valence-electron chi connectivity index (χ0n) is 15.7. The van der Waals surface area contributed by atoms with Crippen molar-refractivity contribution in [3.05, 3.63) is 29.8 Å². The van der Waals surface area contributed by atoms with Crippen molar-refractivity contribution in [1.82, 2.24) is 9.80 Å². The molecule has 1 fully saturated rings. The normalized spacial score (nSPS) is 14.8. The lowest BCUT2D eigenvalue weighted by Crippen LogP contribution is -2.55. The molecule has 1 saturated heterocycles. The van der Waals surface area contributed by atoms with Crippen LogP contribution in [0.5, 0.6) is 0 Å². The van der Waals surface area contributed by atoms with Crippen LogP contribution in [0.1, 0.15) is 38.1 Å². The number of piperazine rings is 1. The summed E-state index contributed by atoms with van der Waals surface area (Å²) >= 11 is 0. The van der Waals surface area contributed by atoms with E-state index in [0.29, 0.717) is 37.4 Å². The monoisotopic (exact) mass is 359 g/mol. The number of nitrogens with zero attached hydrogens (tertiary/aromatic N) is 2. The number of hydrogen-bond donors (Lipinski definition) is 1. The molecule has 0 radical (unpaired) electrons. The number of carbonyl (C=O) groups excluding carboxylic acids is 4. The van der Waals surface area contributed by atoms with E-state index in [1.807, 2.05) is 0 Å². The van der Waals surface area contributed by atoms with Crippen LogP contribution in [0.2, 0.25) is 0 Å². The number of anilines is 1. The molecule has 2 rings (SSSR count). The lowest BCUT2D eigenvalue weighted by atomic mass is 9.89. The van der Waals surface area contributed by atoms with Gasteiger partial charge >= 0.3 is 0 Å². The smallest absolute Gasteiger partial charge is 0.239 e. The Balaban J connectivity index is 2.01. The second kappa shape index (κ2) is 7.68. The highest BCUT2D eigenvalue weighted by molar-refractivity contribution is 6.10. The van der Waals surface area contributed by atoms with E-state index >= 15 is 0 Å². The van der Waals surface area contributed by atoms with Gasteiger partial charge in [-0.15, -0.1) is 0 Å². The van der Waals surface area contributed by atoms with Gasteiger partial charge in [0.15, 0.2) is 5.78 Å². The summed E-state index contributed by atoms with van der Waals surface area (Å²) < 4.78 is 0. The van der Waals surface area contributed by atoms with Gasteiger partial charge in [0.25, 0.3) is 0 Å². The number of Topliss-reactive ketones (excluding diaryl/α,β-unsaturated/α-hetero) is 1. The summed E-state index contributed by atoms with van der Waals surface area (Å²) in [6, 6.07) is 6.54. The molecular weight excluding hydrogens is 334 g/mol. The Morgan fingerprint density at radius 1 is 0.885 bits per heavy atom. The summed E-state index contributed by atoms with van der Waals surface area (Å²) in [7, 11) is 0. The number of amides is 3. The maximum Gasteiger partial charge on any atom is 0.239 e. The second-order valence-electron chi connectivity index (χ2n) is 7.01. The molecule has 0 aromatic heterocycles. The van der Waals surface area contributed by atoms with Gasteiger partial charge in [-0.05, 0) is 45.0 Å². The molecule has 1 aliphatic heterocycles. The maximum absolute atomic E-state index is 12.8. The van der Waals surface area contributed by atoms with Gasteiger partial charge in [0.1, 0.15) is 5.41 Å². The van der Waals surface area contributed by atoms with Gasteiger partial charge in [0, 0.05) is 44.4 Å². The van der Waals surface area contributed by atoms with Crippen LogP contribution in [0.25, 0.3) is 0 Å². The number of nitrogens with one attached hydrogen (secondary N) is 1. The molecule has 7 heteroatoms. The van der Waals surface area contributed by atoms with Crippen LogP contribution in [-0.4, -0.2) is 59.5 Å². The number of rotatable bonds is 4. The van der Waals surface area contributed by atoms with Gasteiger partial charge in [-0.2, -0.15) is 0 Å². The molecule has 1 heterocycles. The van der Waals surface area contributed by atoms with Crippen LogP contribution < -0.4 is 5.32 Å². The highest BCUT2D eigenvalue weighted by Crippen LogP contribution is 2.23. The SMILES string of the molecule is CC(=O)c1ccc(NC(=O)C(C)(C)C(=O)N2CCN(C(C)=O)CC2)cc1. The summed E-state index contributed by atoms with van der Waals surface area (Å²) in [5.41, 5.74) is -0.151. The van der Waals surface area contributed by atoms with E-state index in [2.05, 4.69) is 5.32 Å². The van der Waals surface area contributed by atoms with Gasteiger partial charge < -0.3 is 15.1 Å². The van der Waals surface area contributed by atoms with Crippen molar-refractivity contribution in [3.8, 4) is 0 Å². The largest absolute Gasteiger partial charge is 0.339 e. The van der Waals surface area contributed by atoms with Crippen molar-refractivity contribution in [2.24, 2.45) is 5.41 Å². The minimum Gasteiger partial charge on any atom is -0.339 e. The van der Waals surface area contributed by atoms with E-state index in [1.54, 1.807) is 47.9 Å². The molecule has 0 bridgehead atoms. The van der Waals surface area contributed by atoms with E-state index in [9.17, 15) is 19.2 Å². The van der Waals surface area contributed by atoms with Crippen LogP contribution in [-0.2, 0) is 14.4 Å². The predicted molar refractivity (Wildman–Crippen MR) is 97.7 cm³/mol. The van der Waals surface area contributed by atoms with Crippen LogP contribution in [0.4, 0.5) is 5.69 Å². The lowest BCUT2D eigenvalue weighted by molar-refractivity contribution is -0.149. The quantitative estimate of drug-likeness (QED) is 0.653. The van der Waals surface area contributed by atoms with Crippen molar-refractivity contribution in [2.45, 2.75) is 27.7 Å². The molecule has 0 saturated carbocycles. The predicted octanol–water partition coefficient (Wildman–Crippen LogP) is 1.54. The van der Waals surface area contributed by atoms with E-state index < -0.39 is 11.3 Å². The first-order chi connectivity index (χ1) is 12.1. The van der Waals surface area contributed by atoms with E-state index in [-0.39, 0.29) is 17.6 Å². The first-order valence-electron chi connectivity index (χ1n) is 8.60. The fraction of sp³-hybridized carbons (Fsp3) is 0.474. The molecular formula is C19H25N3O4. The topological polar surface area (TPSA) is 86.8 Å². The first-order valence-corrected chi connectivity index (χ1v) is 8.60. The Morgan fingerprint density at radius 3 is 1.85 bits per heavy atom. The molecule has 0 spiro atoms. The second-order valence-corrected chi connectivity index (χ2v) is 7.01. The standard InChI is InChI=1S/C19H25N3O4/c1-13(23)15-5-7-16(8-6-15)20-17(25)19(3,4)18(26)22-11-9-21(10-12-22)14(2)24/h5-8H,9-12H2,1-4H3,(H,20,25). The Kier molecular flexibility index (Phi) is 5.79. The summed E-state index contributed by atoms with van der Waals surface area (Å²) in [6.07, 6.45) is 0. The fourth-order valence-corrected chi connectivity index (χ4v) is 2.79. The zero-order valence-corrected chi connectivity index (χ0v) is 15.7. The van der Waals surface area contributed by atoms with E-state index in [4.69, 9.17) is 0 Å². The van der Waals surface area contributed by atoms with Gasteiger partial charge in [-0.3, -0.25) is 19.2 Å². The molecule has 1 aliphatic rings. The molecule has 140 valence electrons. The maximum atomic E-state index is 12.8. The molecule has 3 amide bonds. The van der Waals surface area contributed by atoms with Crippen molar-refractivity contribution < 1.29 is 19.2 Å². The van der Waals surface area contributed by atoms with Crippen LogP contribution in [0.15, 0.2) is 24.3 Å². The Hall–Kier alpha value is -2.70. The van der Waals surface area contributed by atoms with Crippen LogP contribution >= 0.6 is 0 Å². The number of hydrogen-bond acceptors (Lipinski definition) is 4. The van der Waals surface area contributed by atoms with Crippen molar-refractivity contribution in [3.63, 3.8) is 0 Å². The average Bonchev–Trinajstić information content (AvgIpc) is 2.61. The summed E-state index contributed by atoms with van der Waals surface area (Å²) in [5.74, 6) is -0.739. The highest BCUT2D eigenvalue weighted by atomic mass is 16.2. The third-order valence-electron chi connectivity index (χ3n) is 4.66. The fourth-order valence-electron chi connectivity index (χ4n) is 2.79. The molecule has 1 N–H and O–H groups in total. The van der Waals surface area contributed by atoms with Crippen LogP contribution in [0.3, 0.4) is 0 Å². The van der Waals surface area contributed by atoms with Gasteiger partial charge in [0.05, 0.1) is 0 Å². The molecule has 7 nitrogen and oxygen atoms in total. The van der Waals surface area contributed by atoms with Gasteiger partial charge in [0.2, 0.25) is 17.7 Å². The van der Waals surface area contributed by atoms with Crippen molar-refractivity contribution in [1.29, 1.82) is 0 Å². The molecule has 1 aromatic rings. The van der Waals surface area contributed by atoms with E-state index in [1.165, 1.54) is 13.8 Å². The molecule has 0 atom stereocenters. The minimum atomic E-state index is -1.24. The third kappa shape index (κ3) is 4.28. The molecule has 0 aliphatic carbocycles. The van der Waals surface area contributed by atoms with E-state index in [0.717, 1.165) is 0 Å². The Morgan fingerprint density at radius 2 is 1.38 bits per heavy atom. The molecule has 26 heavy (non-hydrogen) atoms. The van der Waals surface area contributed by atoms with Crippen molar-refractivity contribution >= 4 is 29.2 Å². The van der Waals surface area contributed by atoms with Gasteiger partial charge in [-0.1, -0.05) is 0 Å². The average molecular weight is 359 g/mol. The Labute approximate surface area is 153 Å². The number of ketones is 1. The van der Waals surface area contributed by atoms with Gasteiger partial charge in [-0.25, -0.2) is 0 Å². The molecule has 1 aromatic carbocycles. The number of benzene rings is 1. The highest BCUT2D eigenvalue weighted by Gasteiger charge is 2.40. The third-order valence-corrected chi connectivity index (χ3v) is 4.66. The van der Waals surface area contributed by atoms with Crippen LogP contribution in [0, 0.1) is 5.41 Å². The number of carbonyl (C=O) groups is 4. The Bertz CT molecular complexity index is 717. The summed E-state index contributed by atoms with van der Waals surface area (Å²) in [6.45, 7) is 7.95. The zero-order chi connectivity index (χ0) is 19.5. The minimum absolute atomic E-state index is 0.0110. The lowest BCUT2D eigenvalue weighted by Gasteiger charge is -2.37. The first kappa shape index (κ1) is 19.6. The molecule has 0 unspecified atom stereocenters. The summed E-state index contributed by atoms with van der Waals surface area (Å²) in [4.78, 5) is 51.4. The summed E-state index contributed by atoms with van der Waals surface area (Å²) in [5, 5.41) is 2.73.